The molecule has 0 saturated carbocycles. The second-order valence-electron chi connectivity index (χ2n) is 10.5. The van der Waals surface area contributed by atoms with Crippen molar-refractivity contribution in [3.63, 3.8) is 0 Å². The minimum atomic E-state index is 0.922. The van der Waals surface area contributed by atoms with Crippen LogP contribution in [0.15, 0.2) is 152 Å². The van der Waals surface area contributed by atoms with Gasteiger partial charge in [-0.3, -0.25) is 15.0 Å². The lowest BCUT2D eigenvalue weighted by molar-refractivity contribution is 1.28. The van der Waals surface area contributed by atoms with E-state index in [1.165, 1.54) is 49.0 Å². The zero-order valence-electron chi connectivity index (χ0n) is 22.8. The number of hydrogen-bond donors (Lipinski definition) is 0. The molecule has 0 amide bonds. The fraction of sp³-hybridized carbons (Fsp3) is 0. The highest BCUT2D eigenvalue weighted by Crippen LogP contribution is 2.43. The lowest BCUT2D eigenvalue weighted by Crippen LogP contribution is -1.93. The van der Waals surface area contributed by atoms with E-state index in [0.717, 1.165) is 28.1 Å². The van der Waals surface area contributed by atoms with E-state index in [1.54, 1.807) is 0 Å². The first kappa shape index (κ1) is 24.2. The average Bonchev–Trinajstić information content (AvgIpc) is 3.07. The second kappa shape index (κ2) is 10.1. The topological polar surface area (TPSA) is 38.7 Å². The second-order valence-corrected chi connectivity index (χ2v) is 10.5. The molecule has 0 spiro atoms. The normalized spacial score (nSPS) is 11.3. The lowest BCUT2D eigenvalue weighted by Gasteiger charge is -2.17. The van der Waals surface area contributed by atoms with E-state index in [0.29, 0.717) is 0 Å². The zero-order chi connectivity index (χ0) is 27.9. The first-order valence-electron chi connectivity index (χ1n) is 14.1. The van der Waals surface area contributed by atoms with Gasteiger partial charge in [-0.15, -0.1) is 0 Å². The van der Waals surface area contributed by atoms with Crippen molar-refractivity contribution >= 4 is 32.3 Å². The summed E-state index contributed by atoms with van der Waals surface area (Å²) < 4.78 is 0. The Morgan fingerprint density at radius 2 is 1.00 bits per heavy atom. The molecule has 42 heavy (non-hydrogen) atoms. The monoisotopic (exact) mass is 535 g/mol. The number of rotatable bonds is 4. The van der Waals surface area contributed by atoms with Gasteiger partial charge >= 0.3 is 0 Å². The van der Waals surface area contributed by atoms with Crippen molar-refractivity contribution < 1.29 is 0 Å². The van der Waals surface area contributed by atoms with Crippen molar-refractivity contribution in [2.75, 3.05) is 0 Å². The SMILES string of the molecule is c1ccc(-c2ccc(-c3c4ccccc4c(-c4ccc5cc(-c6cccnc6)ccc5c4)c4ccccc34)nc2)nc1. The van der Waals surface area contributed by atoms with Gasteiger partial charge in [-0.2, -0.15) is 0 Å². The van der Waals surface area contributed by atoms with Crippen molar-refractivity contribution in [3.8, 4) is 44.8 Å². The Bertz CT molecular complexity index is 2170. The van der Waals surface area contributed by atoms with Crippen molar-refractivity contribution in [3.05, 3.63) is 152 Å². The predicted molar refractivity (Wildman–Crippen MR) is 174 cm³/mol. The zero-order valence-corrected chi connectivity index (χ0v) is 22.8. The Kier molecular flexibility index (Phi) is 5.79. The standard InChI is InChI=1S/C39H25N3/c1-3-11-34-32(9-1)38(29-17-16-26-22-28(15-14-27(26)23-29)30-8-7-20-40-24-30)33-10-2-4-12-35(33)39(34)37-19-18-31(25-42-37)36-13-5-6-21-41-36/h1-25H. The molecule has 0 fully saturated rings. The van der Waals surface area contributed by atoms with Crippen LogP contribution in [-0.2, 0) is 0 Å². The van der Waals surface area contributed by atoms with Crippen molar-refractivity contribution in [1.82, 2.24) is 15.0 Å². The molecule has 0 aliphatic rings. The number of pyridine rings is 3. The van der Waals surface area contributed by atoms with E-state index in [4.69, 9.17) is 4.98 Å². The molecule has 3 aromatic heterocycles. The van der Waals surface area contributed by atoms with Gasteiger partial charge < -0.3 is 0 Å². The molecular weight excluding hydrogens is 510 g/mol. The molecule has 3 heterocycles. The molecule has 0 aliphatic carbocycles. The van der Waals surface area contributed by atoms with Crippen LogP contribution in [0, 0.1) is 0 Å². The van der Waals surface area contributed by atoms with E-state index >= 15 is 0 Å². The Hall–Kier alpha value is -5.67. The van der Waals surface area contributed by atoms with Crippen molar-refractivity contribution in [2.45, 2.75) is 0 Å². The van der Waals surface area contributed by atoms with Gasteiger partial charge in [-0.1, -0.05) is 84.9 Å². The summed E-state index contributed by atoms with van der Waals surface area (Å²) in [5.41, 5.74) is 8.78. The molecule has 196 valence electrons. The summed E-state index contributed by atoms with van der Waals surface area (Å²) in [6.45, 7) is 0. The molecule has 0 saturated heterocycles. The lowest BCUT2D eigenvalue weighted by atomic mass is 9.86. The summed E-state index contributed by atoms with van der Waals surface area (Å²) in [5.74, 6) is 0. The summed E-state index contributed by atoms with van der Waals surface area (Å²) in [7, 11) is 0. The van der Waals surface area contributed by atoms with Crippen LogP contribution in [-0.4, -0.2) is 15.0 Å². The van der Waals surface area contributed by atoms with E-state index in [9.17, 15) is 0 Å². The highest BCUT2D eigenvalue weighted by atomic mass is 14.7. The van der Waals surface area contributed by atoms with E-state index in [1.807, 2.05) is 49.1 Å². The molecule has 0 unspecified atom stereocenters. The molecule has 0 bridgehead atoms. The quantitative estimate of drug-likeness (QED) is 0.211. The van der Waals surface area contributed by atoms with Crippen LogP contribution in [0.4, 0.5) is 0 Å². The number of nitrogens with zero attached hydrogens (tertiary/aromatic N) is 3. The van der Waals surface area contributed by atoms with Crippen LogP contribution < -0.4 is 0 Å². The highest BCUT2D eigenvalue weighted by molar-refractivity contribution is 6.21. The number of hydrogen-bond acceptors (Lipinski definition) is 3. The van der Waals surface area contributed by atoms with Gasteiger partial charge in [-0.05, 0) is 91.5 Å². The Labute approximate surface area is 243 Å². The summed E-state index contributed by atoms with van der Waals surface area (Å²) in [5, 5.41) is 7.24. The third-order valence-corrected chi connectivity index (χ3v) is 8.04. The molecule has 0 N–H and O–H groups in total. The molecule has 3 heteroatoms. The van der Waals surface area contributed by atoms with Crippen molar-refractivity contribution in [1.29, 1.82) is 0 Å². The highest BCUT2D eigenvalue weighted by Gasteiger charge is 2.17. The van der Waals surface area contributed by atoms with Crippen LogP contribution in [0.25, 0.3) is 77.1 Å². The Balaban J connectivity index is 1.31. The number of benzene rings is 5. The molecule has 0 atom stereocenters. The van der Waals surface area contributed by atoms with Crippen LogP contribution in [0.3, 0.4) is 0 Å². The minimum Gasteiger partial charge on any atom is -0.264 e. The minimum absolute atomic E-state index is 0.922. The number of fused-ring (bicyclic) bond motifs is 3. The van der Waals surface area contributed by atoms with Gasteiger partial charge in [-0.25, -0.2) is 0 Å². The average molecular weight is 536 g/mol. The fourth-order valence-electron chi connectivity index (χ4n) is 6.06. The van der Waals surface area contributed by atoms with Crippen LogP contribution in [0.2, 0.25) is 0 Å². The third-order valence-electron chi connectivity index (χ3n) is 8.04. The Morgan fingerprint density at radius 1 is 0.357 bits per heavy atom. The van der Waals surface area contributed by atoms with E-state index in [2.05, 4.69) is 113 Å². The molecule has 8 aromatic rings. The van der Waals surface area contributed by atoms with Crippen molar-refractivity contribution in [2.24, 2.45) is 0 Å². The smallest absolute Gasteiger partial charge is 0.0717 e. The van der Waals surface area contributed by atoms with Gasteiger partial charge in [0.25, 0.3) is 0 Å². The molecule has 3 nitrogen and oxygen atoms in total. The predicted octanol–water partition coefficient (Wildman–Crippen LogP) is 10.00. The van der Waals surface area contributed by atoms with Crippen LogP contribution in [0.5, 0.6) is 0 Å². The van der Waals surface area contributed by atoms with Crippen LogP contribution in [0.1, 0.15) is 0 Å². The first-order chi connectivity index (χ1) is 20.8. The van der Waals surface area contributed by atoms with Gasteiger partial charge in [0.2, 0.25) is 0 Å². The van der Waals surface area contributed by atoms with Gasteiger partial charge in [0.1, 0.15) is 0 Å². The maximum atomic E-state index is 4.96. The number of aromatic nitrogens is 3. The van der Waals surface area contributed by atoms with Crippen LogP contribution >= 0.6 is 0 Å². The third kappa shape index (κ3) is 4.11. The van der Waals surface area contributed by atoms with E-state index in [-0.39, 0.29) is 0 Å². The molecular formula is C39H25N3. The fourth-order valence-corrected chi connectivity index (χ4v) is 6.06. The van der Waals surface area contributed by atoms with Gasteiger partial charge in [0, 0.05) is 41.5 Å². The Morgan fingerprint density at radius 3 is 1.62 bits per heavy atom. The first-order valence-corrected chi connectivity index (χ1v) is 14.1. The molecule has 8 rings (SSSR count). The van der Waals surface area contributed by atoms with E-state index < -0.39 is 0 Å². The van der Waals surface area contributed by atoms with Gasteiger partial charge in [0.05, 0.1) is 11.4 Å². The summed E-state index contributed by atoms with van der Waals surface area (Å²) in [6, 6.07) is 45.1. The maximum Gasteiger partial charge on any atom is 0.0717 e. The van der Waals surface area contributed by atoms with Gasteiger partial charge in [0.15, 0.2) is 0 Å². The largest absolute Gasteiger partial charge is 0.264 e. The molecule has 0 radical (unpaired) electrons. The summed E-state index contributed by atoms with van der Waals surface area (Å²) in [4.78, 5) is 13.7. The summed E-state index contributed by atoms with van der Waals surface area (Å²) in [6.07, 6.45) is 7.47. The molecule has 0 aliphatic heterocycles. The maximum absolute atomic E-state index is 4.96. The summed E-state index contributed by atoms with van der Waals surface area (Å²) >= 11 is 0. The molecule has 5 aromatic carbocycles.